The normalized spacial score (nSPS) is 12.9. The fourth-order valence-corrected chi connectivity index (χ4v) is 10.1. The van der Waals surface area contributed by atoms with Gasteiger partial charge in [0.2, 0.25) is 0 Å². The van der Waals surface area contributed by atoms with Crippen molar-refractivity contribution >= 4 is 18.4 Å². The summed E-state index contributed by atoms with van der Waals surface area (Å²) in [5.74, 6) is 0. The minimum absolute atomic E-state index is 1.14. The van der Waals surface area contributed by atoms with E-state index in [-0.39, 0.29) is 0 Å². The summed E-state index contributed by atoms with van der Waals surface area (Å²) >= 11 is -1.67. The van der Waals surface area contributed by atoms with Gasteiger partial charge in [-0.3, -0.25) is 0 Å². The van der Waals surface area contributed by atoms with E-state index in [1.807, 2.05) is 0 Å². The molecular weight excluding hydrogens is 289 g/mol. The number of nitrogens with zero attached hydrogens (tertiary/aromatic N) is 1. The van der Waals surface area contributed by atoms with Crippen LogP contribution in [0.1, 0.15) is 5.56 Å². The summed E-state index contributed by atoms with van der Waals surface area (Å²) < 4.78 is 2.55. The van der Waals surface area contributed by atoms with Crippen LogP contribution in [0.2, 0.25) is 14.8 Å². The Morgan fingerprint density at radius 2 is 1.53 bits per heavy atom. The molecule has 0 unspecified atom stereocenters. The SMILES string of the molecule is C[N+](C)(Cc1ccccc1)[CH2][Sn]([CH3])([CH3])[CH3]. The third-order valence-corrected chi connectivity index (χ3v) is 7.51. The van der Waals surface area contributed by atoms with E-state index in [0.717, 1.165) is 11.0 Å². The summed E-state index contributed by atoms with van der Waals surface area (Å²) in [7, 11) is 4.71. The Labute approximate surface area is 98.6 Å². The van der Waals surface area contributed by atoms with Crippen LogP contribution in [0.4, 0.5) is 0 Å². The number of rotatable bonds is 4. The first-order valence-corrected chi connectivity index (χ1v) is 16.2. The van der Waals surface area contributed by atoms with Crippen molar-refractivity contribution in [3.63, 3.8) is 0 Å². The van der Waals surface area contributed by atoms with Crippen molar-refractivity contribution in [3.8, 4) is 0 Å². The molecule has 0 atom stereocenters. The first-order valence-electron chi connectivity index (χ1n) is 5.64. The molecule has 2 heteroatoms. The van der Waals surface area contributed by atoms with Crippen LogP contribution in [-0.4, -0.2) is 41.5 Å². The molecule has 15 heavy (non-hydrogen) atoms. The summed E-state index contributed by atoms with van der Waals surface area (Å²) in [5, 5.41) is 0. The molecule has 0 amide bonds. The van der Waals surface area contributed by atoms with Gasteiger partial charge in [-0.15, -0.1) is 0 Å². The summed E-state index contributed by atoms with van der Waals surface area (Å²) in [5.41, 5.74) is 1.46. The molecule has 1 nitrogen and oxygen atoms in total. The van der Waals surface area contributed by atoms with Gasteiger partial charge in [0.1, 0.15) is 0 Å². The van der Waals surface area contributed by atoms with E-state index in [2.05, 4.69) is 59.2 Å². The molecule has 1 rings (SSSR count). The second-order valence-electron chi connectivity index (χ2n) is 6.30. The maximum absolute atomic E-state index is 2.51. The van der Waals surface area contributed by atoms with Crippen LogP contribution in [-0.2, 0) is 6.54 Å². The zero-order valence-corrected chi connectivity index (χ0v) is 13.6. The van der Waals surface area contributed by atoms with Gasteiger partial charge in [0, 0.05) is 0 Å². The number of hydrogen-bond donors (Lipinski definition) is 0. The molecule has 1 aromatic carbocycles. The number of benzene rings is 1. The van der Waals surface area contributed by atoms with E-state index in [4.69, 9.17) is 0 Å². The van der Waals surface area contributed by atoms with E-state index in [9.17, 15) is 0 Å². The van der Waals surface area contributed by atoms with Crippen molar-refractivity contribution in [3.05, 3.63) is 35.9 Å². The van der Waals surface area contributed by atoms with Gasteiger partial charge in [0.25, 0.3) is 0 Å². The molecule has 0 radical (unpaired) electrons. The Morgan fingerprint density at radius 1 is 1.00 bits per heavy atom. The summed E-state index contributed by atoms with van der Waals surface area (Å²) in [4.78, 5) is 7.54. The molecule has 84 valence electrons. The van der Waals surface area contributed by atoms with Crippen LogP contribution in [0.15, 0.2) is 30.3 Å². The van der Waals surface area contributed by atoms with Crippen molar-refractivity contribution < 1.29 is 4.48 Å². The second kappa shape index (κ2) is 4.87. The predicted octanol–water partition coefficient (Wildman–Crippen LogP) is 3.14. The topological polar surface area (TPSA) is 0 Å². The van der Waals surface area contributed by atoms with Crippen LogP contribution < -0.4 is 0 Å². The third-order valence-electron chi connectivity index (χ3n) is 2.36. The van der Waals surface area contributed by atoms with E-state index in [1.54, 1.807) is 0 Å². The van der Waals surface area contributed by atoms with Crippen molar-refractivity contribution in [2.24, 2.45) is 0 Å². The molecule has 0 saturated heterocycles. The second-order valence-corrected chi connectivity index (χ2v) is 21.8. The molecule has 0 bridgehead atoms. The molecule has 0 heterocycles. The molecule has 1 aromatic rings. The first kappa shape index (κ1) is 13.0. The number of quaternary nitrogens is 1. The van der Waals surface area contributed by atoms with Gasteiger partial charge < -0.3 is 0 Å². The van der Waals surface area contributed by atoms with Crippen molar-refractivity contribution in [1.29, 1.82) is 0 Å². The Hall–Kier alpha value is -0.0213. The van der Waals surface area contributed by atoms with Gasteiger partial charge in [0.15, 0.2) is 0 Å². The van der Waals surface area contributed by atoms with Crippen LogP contribution in [0.5, 0.6) is 0 Å². The third kappa shape index (κ3) is 5.57. The van der Waals surface area contributed by atoms with Gasteiger partial charge in [-0.1, -0.05) is 0 Å². The summed E-state index contributed by atoms with van der Waals surface area (Å²) in [6.07, 6.45) is 0. The van der Waals surface area contributed by atoms with E-state index >= 15 is 0 Å². The molecule has 0 N–H and O–H groups in total. The van der Waals surface area contributed by atoms with Gasteiger partial charge >= 0.3 is 98.8 Å². The van der Waals surface area contributed by atoms with Crippen molar-refractivity contribution in [1.82, 2.24) is 0 Å². The maximum atomic E-state index is 2.51. The molecular formula is C13H24NSn+. The Morgan fingerprint density at radius 3 is 2.00 bits per heavy atom. The zero-order chi connectivity index (χ0) is 11.5. The van der Waals surface area contributed by atoms with Crippen LogP contribution in [0.3, 0.4) is 0 Å². The van der Waals surface area contributed by atoms with E-state index in [1.165, 1.54) is 10.1 Å². The van der Waals surface area contributed by atoms with Gasteiger partial charge in [-0.25, -0.2) is 0 Å². The quantitative estimate of drug-likeness (QED) is 0.592. The fraction of sp³-hybridized carbons (Fsp3) is 0.538. The fourth-order valence-electron chi connectivity index (χ4n) is 2.42. The average molecular weight is 313 g/mol. The first-order chi connectivity index (χ1) is 6.79. The van der Waals surface area contributed by atoms with Crippen LogP contribution in [0.25, 0.3) is 0 Å². The van der Waals surface area contributed by atoms with Gasteiger partial charge in [-0.2, -0.15) is 0 Å². The van der Waals surface area contributed by atoms with Gasteiger partial charge in [-0.05, 0) is 0 Å². The molecule has 0 fully saturated rings. The van der Waals surface area contributed by atoms with Gasteiger partial charge in [0.05, 0.1) is 0 Å². The molecule has 0 aliphatic carbocycles. The molecule has 0 aliphatic rings. The minimum atomic E-state index is -1.67. The standard InChI is InChI=1S/C10H15N.3CH3.Sn/c1-11(2,3)9-10-7-5-4-6-8-10;;;;/h4-8H,1,9H2,2-3H3;3*1H3;/q+1;;;;. The summed E-state index contributed by atoms with van der Waals surface area (Å²) in [6.45, 7) is 1.16. The van der Waals surface area contributed by atoms with E-state index in [0.29, 0.717) is 0 Å². The molecule has 0 saturated carbocycles. The molecule has 0 aromatic heterocycles. The van der Waals surface area contributed by atoms with Crippen molar-refractivity contribution in [2.45, 2.75) is 21.4 Å². The van der Waals surface area contributed by atoms with E-state index < -0.39 is 18.4 Å². The van der Waals surface area contributed by atoms with Crippen LogP contribution >= 0.6 is 0 Å². The van der Waals surface area contributed by atoms with Crippen molar-refractivity contribution in [2.75, 3.05) is 18.7 Å². The average Bonchev–Trinajstić information content (AvgIpc) is 1.99. The molecule has 0 spiro atoms. The monoisotopic (exact) mass is 314 g/mol. The summed E-state index contributed by atoms with van der Waals surface area (Å²) in [6, 6.07) is 10.8. The Kier molecular flexibility index (Phi) is 4.24. The Balaban J connectivity index is 2.65. The van der Waals surface area contributed by atoms with Crippen LogP contribution in [0, 0.1) is 0 Å². The number of hydrogen-bond acceptors (Lipinski definition) is 0. The predicted molar refractivity (Wildman–Crippen MR) is 70.5 cm³/mol. The Bertz CT molecular complexity index is 298. The molecule has 0 aliphatic heterocycles. The zero-order valence-electron chi connectivity index (χ0n) is 10.7.